The maximum absolute atomic E-state index is 6.53. The molecular weight excluding hydrogens is 304 g/mol. The van der Waals surface area contributed by atoms with Crippen LogP contribution in [0.2, 0.25) is 5.02 Å². The Bertz CT molecular complexity index is 1170. The van der Waals surface area contributed by atoms with Gasteiger partial charge >= 0.3 is 0 Å². The van der Waals surface area contributed by atoms with Gasteiger partial charge in [-0.05, 0) is 30.3 Å². The van der Waals surface area contributed by atoms with Crippen molar-refractivity contribution in [1.82, 2.24) is 9.55 Å². The Balaban J connectivity index is 2.04. The Kier molecular flexibility index (Phi) is 2.58. The minimum Gasteiger partial charge on any atom is -0.354 e. The van der Waals surface area contributed by atoms with Gasteiger partial charge in [0.2, 0.25) is 0 Å². The molecule has 0 unspecified atom stereocenters. The molecule has 0 saturated carbocycles. The number of nitrogens with zero attached hydrogens (tertiary/aromatic N) is 1. The Hall–Kier alpha value is -2.71. The van der Waals surface area contributed by atoms with Gasteiger partial charge in [-0.3, -0.25) is 0 Å². The molecule has 0 spiro atoms. The molecule has 5 aromatic rings. The van der Waals surface area contributed by atoms with Crippen LogP contribution in [0.1, 0.15) is 0 Å². The lowest BCUT2D eigenvalue weighted by molar-refractivity contribution is 1.13. The highest BCUT2D eigenvalue weighted by atomic mass is 35.5. The van der Waals surface area contributed by atoms with E-state index in [0.29, 0.717) is 0 Å². The maximum Gasteiger partial charge on any atom is 0.0643 e. The summed E-state index contributed by atoms with van der Waals surface area (Å²) in [4.78, 5) is 3.48. The Labute approximate surface area is 137 Å². The van der Waals surface area contributed by atoms with E-state index < -0.39 is 0 Å². The van der Waals surface area contributed by atoms with E-state index in [-0.39, 0.29) is 0 Å². The lowest BCUT2D eigenvalue weighted by Gasteiger charge is -2.07. The molecule has 3 heteroatoms. The first-order valence-electron chi connectivity index (χ1n) is 7.58. The number of halogens is 1. The van der Waals surface area contributed by atoms with Gasteiger partial charge in [-0.2, -0.15) is 0 Å². The monoisotopic (exact) mass is 316 g/mol. The highest BCUT2D eigenvalue weighted by Gasteiger charge is 2.15. The minimum atomic E-state index is 0.772. The molecule has 0 aliphatic heterocycles. The zero-order chi connectivity index (χ0) is 15.4. The number of fused-ring (bicyclic) bond motifs is 5. The molecule has 0 amide bonds. The molecule has 2 heterocycles. The van der Waals surface area contributed by atoms with Crippen molar-refractivity contribution in [2.24, 2.45) is 0 Å². The van der Waals surface area contributed by atoms with E-state index in [1.807, 2.05) is 18.2 Å². The fraction of sp³-hybridized carbons (Fsp3) is 0. The van der Waals surface area contributed by atoms with Crippen molar-refractivity contribution in [3.05, 3.63) is 77.9 Å². The fourth-order valence-electron chi connectivity index (χ4n) is 3.41. The van der Waals surface area contributed by atoms with Crippen LogP contribution in [0.25, 0.3) is 38.4 Å². The number of nitrogens with one attached hydrogen (secondary N) is 1. The van der Waals surface area contributed by atoms with Crippen LogP contribution in [0.5, 0.6) is 0 Å². The van der Waals surface area contributed by atoms with E-state index in [2.05, 4.69) is 64.3 Å². The largest absolute Gasteiger partial charge is 0.354 e. The number of aromatic amines is 1. The summed E-state index contributed by atoms with van der Waals surface area (Å²) in [5.41, 5.74) is 4.49. The van der Waals surface area contributed by atoms with Gasteiger partial charge in [-0.1, -0.05) is 48.0 Å². The lowest BCUT2D eigenvalue weighted by atomic mass is 10.1. The molecular formula is C20H13ClN2. The van der Waals surface area contributed by atoms with Crippen LogP contribution in [-0.2, 0) is 0 Å². The molecule has 3 aromatic carbocycles. The van der Waals surface area contributed by atoms with Crippen LogP contribution < -0.4 is 0 Å². The predicted molar refractivity (Wildman–Crippen MR) is 97.6 cm³/mol. The average molecular weight is 317 g/mol. The molecule has 0 atom stereocenters. The maximum atomic E-state index is 6.53. The van der Waals surface area contributed by atoms with Crippen LogP contribution in [0.4, 0.5) is 0 Å². The molecule has 0 aliphatic carbocycles. The summed E-state index contributed by atoms with van der Waals surface area (Å²) in [5.74, 6) is 0. The van der Waals surface area contributed by atoms with Crippen LogP contribution in [0, 0.1) is 0 Å². The van der Waals surface area contributed by atoms with Gasteiger partial charge in [0.05, 0.1) is 16.1 Å². The van der Waals surface area contributed by atoms with Gasteiger partial charge in [0.1, 0.15) is 0 Å². The van der Waals surface area contributed by atoms with Crippen molar-refractivity contribution < 1.29 is 0 Å². The second kappa shape index (κ2) is 4.64. The molecule has 110 valence electrons. The average Bonchev–Trinajstić information content (AvgIpc) is 3.16. The topological polar surface area (TPSA) is 20.7 Å². The number of rotatable bonds is 1. The lowest BCUT2D eigenvalue weighted by Crippen LogP contribution is -1.91. The quantitative estimate of drug-likeness (QED) is 0.396. The van der Waals surface area contributed by atoms with Crippen LogP contribution in [-0.4, -0.2) is 9.55 Å². The standard InChI is InChI=1S/C20H13ClN2/c21-16-12-18-19(15-8-4-5-9-17(15)22-18)20-14(16)10-11-23(20)13-6-2-1-3-7-13/h1-12,22H. The summed E-state index contributed by atoms with van der Waals surface area (Å²) in [5, 5.41) is 4.29. The van der Waals surface area contributed by atoms with Gasteiger partial charge in [-0.25, -0.2) is 0 Å². The Morgan fingerprint density at radius 2 is 1.57 bits per heavy atom. The van der Waals surface area contributed by atoms with Crippen LogP contribution in [0.3, 0.4) is 0 Å². The number of hydrogen-bond donors (Lipinski definition) is 1. The predicted octanol–water partition coefficient (Wildman–Crippen LogP) is 5.92. The number of para-hydroxylation sites is 2. The van der Waals surface area contributed by atoms with Crippen LogP contribution >= 0.6 is 11.6 Å². The molecule has 23 heavy (non-hydrogen) atoms. The summed E-state index contributed by atoms with van der Waals surface area (Å²) in [7, 11) is 0. The van der Waals surface area contributed by atoms with E-state index in [1.165, 1.54) is 10.8 Å². The number of H-pyrrole nitrogens is 1. The molecule has 2 nitrogen and oxygen atoms in total. The number of aromatic nitrogens is 2. The van der Waals surface area contributed by atoms with Crippen molar-refractivity contribution in [2.45, 2.75) is 0 Å². The summed E-state index contributed by atoms with van der Waals surface area (Å²) in [6.07, 6.45) is 2.09. The minimum absolute atomic E-state index is 0.772. The third-order valence-electron chi connectivity index (χ3n) is 4.42. The molecule has 0 saturated heterocycles. The van der Waals surface area contributed by atoms with Gasteiger partial charge in [-0.15, -0.1) is 0 Å². The van der Waals surface area contributed by atoms with E-state index in [0.717, 1.165) is 32.6 Å². The summed E-state index contributed by atoms with van der Waals surface area (Å²) < 4.78 is 2.21. The summed E-state index contributed by atoms with van der Waals surface area (Å²) >= 11 is 6.53. The molecule has 0 bridgehead atoms. The van der Waals surface area contributed by atoms with E-state index >= 15 is 0 Å². The second-order valence-electron chi connectivity index (χ2n) is 5.74. The summed E-state index contributed by atoms with van der Waals surface area (Å²) in [6, 6.07) is 22.9. The van der Waals surface area contributed by atoms with Crippen molar-refractivity contribution >= 4 is 44.3 Å². The molecule has 2 aromatic heterocycles. The smallest absolute Gasteiger partial charge is 0.0643 e. The molecule has 0 radical (unpaired) electrons. The molecule has 0 aliphatic rings. The second-order valence-corrected chi connectivity index (χ2v) is 6.14. The van der Waals surface area contributed by atoms with Crippen molar-refractivity contribution in [2.75, 3.05) is 0 Å². The van der Waals surface area contributed by atoms with Crippen molar-refractivity contribution in [3.63, 3.8) is 0 Å². The molecule has 1 N–H and O–H groups in total. The van der Waals surface area contributed by atoms with E-state index in [9.17, 15) is 0 Å². The van der Waals surface area contributed by atoms with E-state index in [1.54, 1.807) is 0 Å². The van der Waals surface area contributed by atoms with Gasteiger partial charge in [0, 0.05) is 33.6 Å². The Morgan fingerprint density at radius 3 is 2.43 bits per heavy atom. The van der Waals surface area contributed by atoms with Gasteiger partial charge < -0.3 is 9.55 Å². The number of hydrogen-bond acceptors (Lipinski definition) is 0. The molecule has 0 fully saturated rings. The van der Waals surface area contributed by atoms with Crippen molar-refractivity contribution in [1.29, 1.82) is 0 Å². The van der Waals surface area contributed by atoms with Crippen molar-refractivity contribution in [3.8, 4) is 5.69 Å². The normalized spacial score (nSPS) is 11.7. The Morgan fingerprint density at radius 1 is 0.783 bits per heavy atom. The van der Waals surface area contributed by atoms with Crippen LogP contribution in [0.15, 0.2) is 72.9 Å². The fourth-order valence-corrected chi connectivity index (χ4v) is 3.68. The summed E-state index contributed by atoms with van der Waals surface area (Å²) in [6.45, 7) is 0. The highest BCUT2D eigenvalue weighted by molar-refractivity contribution is 6.38. The molecule has 5 rings (SSSR count). The zero-order valence-corrected chi connectivity index (χ0v) is 13.0. The first kappa shape index (κ1) is 12.8. The van der Waals surface area contributed by atoms with E-state index in [4.69, 9.17) is 11.6 Å². The number of benzene rings is 3. The van der Waals surface area contributed by atoms with Gasteiger partial charge in [0.15, 0.2) is 0 Å². The first-order valence-corrected chi connectivity index (χ1v) is 7.96. The third kappa shape index (κ3) is 1.76. The SMILES string of the molecule is Clc1cc2[nH]c3ccccc3c2c2c1ccn2-c1ccccc1. The van der Waals surface area contributed by atoms with Gasteiger partial charge in [0.25, 0.3) is 0 Å². The first-order chi connectivity index (χ1) is 11.3. The zero-order valence-electron chi connectivity index (χ0n) is 12.3. The highest BCUT2D eigenvalue weighted by Crippen LogP contribution is 2.37. The third-order valence-corrected chi connectivity index (χ3v) is 4.73.